The van der Waals surface area contributed by atoms with Crippen molar-refractivity contribution in [1.29, 1.82) is 0 Å². The summed E-state index contributed by atoms with van der Waals surface area (Å²) in [4.78, 5) is 24.2. The molecule has 1 saturated heterocycles. The monoisotopic (exact) mass is 321 g/mol. The standard InChI is InChI=1S/C17H25N2O4/c1-17(2,23-16(21)19(18)10-6-7-11-19)12-15(20)22-13-14-8-4-3-5-9-14/h3-5,8-9H,6-7,10-13,18H2,1-2H3/q+1. The molecule has 2 rings (SSSR count). The van der Waals surface area contributed by atoms with Gasteiger partial charge in [0.05, 0.1) is 6.42 Å². The molecule has 126 valence electrons. The van der Waals surface area contributed by atoms with Crippen LogP contribution >= 0.6 is 0 Å². The van der Waals surface area contributed by atoms with Crippen LogP contribution in [-0.4, -0.2) is 35.3 Å². The van der Waals surface area contributed by atoms with Gasteiger partial charge in [-0.15, -0.1) is 4.59 Å². The normalized spacial score (nSPS) is 16.8. The maximum absolute atomic E-state index is 12.2. The summed E-state index contributed by atoms with van der Waals surface area (Å²) < 4.78 is 10.5. The lowest BCUT2D eigenvalue weighted by molar-refractivity contribution is -0.858. The predicted octanol–water partition coefficient (Wildman–Crippen LogP) is 2.52. The molecule has 6 heteroatoms. The fourth-order valence-electron chi connectivity index (χ4n) is 2.58. The quantitative estimate of drug-likeness (QED) is 0.390. The van der Waals surface area contributed by atoms with Crippen LogP contribution in [0.5, 0.6) is 0 Å². The average molecular weight is 321 g/mol. The van der Waals surface area contributed by atoms with E-state index in [1.807, 2.05) is 30.3 Å². The maximum Gasteiger partial charge on any atom is 0.536 e. The second-order valence-electron chi connectivity index (χ2n) is 6.64. The first-order chi connectivity index (χ1) is 10.8. The SMILES string of the molecule is CC(C)(CC(=O)OCc1ccccc1)OC(=O)[N+]1(N)CCCC1. The molecular formula is C17H25N2O4+. The van der Waals surface area contributed by atoms with Gasteiger partial charge in [0.25, 0.3) is 0 Å². The van der Waals surface area contributed by atoms with Gasteiger partial charge in [-0.3, -0.25) is 4.79 Å². The summed E-state index contributed by atoms with van der Waals surface area (Å²) in [5.74, 6) is 5.62. The van der Waals surface area contributed by atoms with Gasteiger partial charge < -0.3 is 9.47 Å². The largest absolute Gasteiger partial charge is 0.536 e. The van der Waals surface area contributed by atoms with E-state index < -0.39 is 17.7 Å². The van der Waals surface area contributed by atoms with Gasteiger partial charge in [0.15, 0.2) is 0 Å². The van der Waals surface area contributed by atoms with Gasteiger partial charge in [0.1, 0.15) is 25.3 Å². The highest BCUT2D eigenvalue weighted by molar-refractivity contribution is 5.71. The molecule has 1 amide bonds. The smallest absolute Gasteiger partial charge is 0.461 e. The van der Waals surface area contributed by atoms with Crippen molar-refractivity contribution >= 4 is 12.1 Å². The van der Waals surface area contributed by atoms with Crippen LogP contribution in [-0.2, 0) is 20.9 Å². The molecule has 1 aliphatic rings. The molecule has 0 unspecified atom stereocenters. The van der Waals surface area contributed by atoms with E-state index in [1.165, 1.54) is 0 Å². The number of benzene rings is 1. The summed E-state index contributed by atoms with van der Waals surface area (Å²) >= 11 is 0. The summed E-state index contributed by atoms with van der Waals surface area (Å²) in [5.41, 5.74) is -0.0305. The van der Waals surface area contributed by atoms with Gasteiger partial charge in [-0.2, -0.15) is 10.6 Å². The molecule has 23 heavy (non-hydrogen) atoms. The molecule has 1 heterocycles. The number of carbonyl (C=O) groups is 2. The van der Waals surface area contributed by atoms with Crippen molar-refractivity contribution in [3.05, 3.63) is 35.9 Å². The molecule has 0 radical (unpaired) electrons. The number of hydrogen-bond donors (Lipinski definition) is 1. The summed E-state index contributed by atoms with van der Waals surface area (Å²) in [6.07, 6.45) is 1.32. The minimum Gasteiger partial charge on any atom is -0.461 e. The number of nitrogens with zero attached hydrogens (tertiary/aromatic N) is 1. The Morgan fingerprint density at radius 2 is 1.78 bits per heavy atom. The van der Waals surface area contributed by atoms with E-state index in [9.17, 15) is 9.59 Å². The Morgan fingerprint density at radius 3 is 2.39 bits per heavy atom. The molecule has 1 fully saturated rings. The summed E-state index contributed by atoms with van der Waals surface area (Å²) in [7, 11) is 0. The Morgan fingerprint density at radius 1 is 1.17 bits per heavy atom. The number of amides is 1. The first-order valence-corrected chi connectivity index (χ1v) is 7.89. The topological polar surface area (TPSA) is 78.6 Å². The summed E-state index contributed by atoms with van der Waals surface area (Å²) in [5, 5.41) is 0. The van der Waals surface area contributed by atoms with Gasteiger partial charge in [0, 0.05) is 12.8 Å². The average Bonchev–Trinajstić information content (AvgIpc) is 2.93. The second kappa shape index (κ2) is 7.10. The third-order valence-corrected chi connectivity index (χ3v) is 3.90. The van der Waals surface area contributed by atoms with Gasteiger partial charge in [-0.05, 0) is 19.4 Å². The molecule has 0 bridgehead atoms. The zero-order valence-electron chi connectivity index (χ0n) is 13.8. The minimum atomic E-state index is -0.946. The van der Waals surface area contributed by atoms with Gasteiger partial charge in [-0.25, -0.2) is 0 Å². The fraction of sp³-hybridized carbons (Fsp3) is 0.529. The highest BCUT2D eigenvalue weighted by atomic mass is 16.6. The van der Waals surface area contributed by atoms with Gasteiger partial charge >= 0.3 is 12.1 Å². The van der Waals surface area contributed by atoms with Crippen LogP contribution in [0.25, 0.3) is 0 Å². The molecule has 1 aliphatic heterocycles. The van der Waals surface area contributed by atoms with E-state index >= 15 is 0 Å². The number of esters is 1. The highest BCUT2D eigenvalue weighted by Gasteiger charge is 2.42. The van der Waals surface area contributed by atoms with E-state index in [1.54, 1.807) is 13.8 Å². The highest BCUT2D eigenvalue weighted by Crippen LogP contribution is 2.22. The number of likely N-dealkylation sites (tertiary alicyclic amines) is 1. The zero-order chi connectivity index (χ0) is 16.9. The Balaban J connectivity index is 1.82. The first-order valence-electron chi connectivity index (χ1n) is 7.89. The molecule has 0 spiro atoms. The maximum atomic E-state index is 12.2. The third kappa shape index (κ3) is 5.04. The Bertz CT molecular complexity index is 551. The van der Waals surface area contributed by atoms with Crippen LogP contribution < -0.4 is 5.84 Å². The van der Waals surface area contributed by atoms with Gasteiger partial charge in [-0.1, -0.05) is 30.3 Å². The molecule has 6 nitrogen and oxygen atoms in total. The predicted molar refractivity (Wildman–Crippen MR) is 84.8 cm³/mol. The van der Waals surface area contributed by atoms with Crippen molar-refractivity contribution < 1.29 is 23.7 Å². The number of ether oxygens (including phenoxy) is 2. The fourth-order valence-corrected chi connectivity index (χ4v) is 2.58. The lowest BCUT2D eigenvalue weighted by atomic mass is 10.1. The van der Waals surface area contributed by atoms with E-state index in [0.717, 1.165) is 18.4 Å². The zero-order valence-corrected chi connectivity index (χ0v) is 13.8. The summed E-state index contributed by atoms with van der Waals surface area (Å²) in [6, 6.07) is 9.43. The van der Waals surface area contributed by atoms with Crippen LogP contribution in [0.3, 0.4) is 0 Å². The number of rotatable bonds is 5. The van der Waals surface area contributed by atoms with Crippen molar-refractivity contribution in [3.8, 4) is 0 Å². The second-order valence-corrected chi connectivity index (χ2v) is 6.64. The van der Waals surface area contributed by atoms with Crippen LogP contribution in [0.1, 0.15) is 38.7 Å². The molecule has 0 saturated carbocycles. The molecule has 2 N–H and O–H groups in total. The van der Waals surface area contributed by atoms with E-state index in [4.69, 9.17) is 15.3 Å². The molecular weight excluding hydrogens is 296 g/mol. The number of quaternary nitrogens is 1. The molecule has 1 aromatic carbocycles. The minimum absolute atomic E-state index is 0.00836. The van der Waals surface area contributed by atoms with Crippen molar-refractivity contribution in [2.24, 2.45) is 5.84 Å². The third-order valence-electron chi connectivity index (χ3n) is 3.90. The van der Waals surface area contributed by atoms with E-state index in [2.05, 4.69) is 0 Å². The van der Waals surface area contributed by atoms with E-state index in [0.29, 0.717) is 13.1 Å². The van der Waals surface area contributed by atoms with Crippen LogP contribution in [0.2, 0.25) is 0 Å². The van der Waals surface area contributed by atoms with Crippen LogP contribution in [0.15, 0.2) is 30.3 Å². The number of carbonyl (C=O) groups excluding carboxylic acids is 2. The molecule has 1 aromatic rings. The van der Waals surface area contributed by atoms with Crippen LogP contribution in [0, 0.1) is 0 Å². The Hall–Kier alpha value is -1.92. The molecule has 0 aliphatic carbocycles. The summed E-state index contributed by atoms with van der Waals surface area (Å²) in [6.45, 7) is 4.75. The molecule has 0 atom stereocenters. The lowest BCUT2D eigenvalue weighted by Gasteiger charge is -2.29. The van der Waals surface area contributed by atoms with Crippen molar-refractivity contribution in [3.63, 3.8) is 0 Å². The van der Waals surface area contributed by atoms with Crippen molar-refractivity contribution in [2.45, 2.75) is 45.3 Å². The van der Waals surface area contributed by atoms with Crippen molar-refractivity contribution in [1.82, 2.24) is 0 Å². The molecule has 0 aromatic heterocycles. The number of nitrogens with two attached hydrogens (primary N) is 1. The number of hydrogen-bond acceptors (Lipinski definition) is 5. The first kappa shape index (κ1) is 17.4. The van der Waals surface area contributed by atoms with E-state index in [-0.39, 0.29) is 17.6 Å². The Kier molecular flexibility index (Phi) is 5.38. The lowest BCUT2D eigenvalue weighted by Crippen LogP contribution is -2.58. The van der Waals surface area contributed by atoms with Gasteiger partial charge in [0.2, 0.25) is 0 Å². The van der Waals surface area contributed by atoms with Crippen LogP contribution in [0.4, 0.5) is 4.79 Å². The Labute approximate surface area is 136 Å². The van der Waals surface area contributed by atoms with Crippen molar-refractivity contribution in [2.75, 3.05) is 13.1 Å².